The summed E-state index contributed by atoms with van der Waals surface area (Å²) in [6.07, 6.45) is 8.00. The molecule has 1 saturated heterocycles. The molecule has 2 aromatic rings. The Bertz CT molecular complexity index is 938. The van der Waals surface area contributed by atoms with Gasteiger partial charge in [0.15, 0.2) is 0 Å². The van der Waals surface area contributed by atoms with Crippen LogP contribution in [-0.2, 0) is 0 Å². The van der Waals surface area contributed by atoms with Gasteiger partial charge in [-0.3, -0.25) is 4.79 Å². The molecule has 1 N–H and O–H groups in total. The zero-order chi connectivity index (χ0) is 20.0. The van der Waals surface area contributed by atoms with E-state index in [1.807, 2.05) is 11.0 Å². The first-order chi connectivity index (χ1) is 14.1. The topological polar surface area (TPSA) is 32.3 Å². The van der Waals surface area contributed by atoms with Crippen molar-refractivity contribution in [1.29, 1.82) is 0 Å². The molecule has 0 aromatic heterocycles. The van der Waals surface area contributed by atoms with Gasteiger partial charge in [0.2, 0.25) is 0 Å². The van der Waals surface area contributed by atoms with Gasteiger partial charge < -0.3 is 10.2 Å². The lowest BCUT2D eigenvalue weighted by Crippen LogP contribution is -2.30. The summed E-state index contributed by atoms with van der Waals surface area (Å²) in [6, 6.07) is 15.7. The fourth-order valence-electron chi connectivity index (χ4n) is 5.25. The number of hydrogen-bond donors (Lipinski definition) is 1. The van der Waals surface area contributed by atoms with Crippen LogP contribution in [0, 0.1) is 5.92 Å². The number of nitrogens with one attached hydrogen (secondary N) is 1. The zero-order valence-corrected chi connectivity index (χ0v) is 17.4. The smallest absolute Gasteiger partial charge is 0.253 e. The second kappa shape index (κ2) is 7.37. The highest BCUT2D eigenvalue weighted by molar-refractivity contribution is 5.95. The molecule has 2 aromatic carbocycles. The van der Waals surface area contributed by atoms with Gasteiger partial charge in [-0.2, -0.15) is 0 Å². The highest BCUT2D eigenvalue weighted by Crippen LogP contribution is 2.50. The van der Waals surface area contributed by atoms with Crippen molar-refractivity contribution in [2.24, 2.45) is 5.92 Å². The number of amides is 1. The van der Waals surface area contributed by atoms with Crippen molar-refractivity contribution in [1.82, 2.24) is 4.90 Å². The third-order valence-corrected chi connectivity index (χ3v) is 6.97. The maximum Gasteiger partial charge on any atom is 0.253 e. The van der Waals surface area contributed by atoms with Crippen LogP contribution in [0.15, 0.2) is 54.6 Å². The number of anilines is 1. The van der Waals surface area contributed by atoms with E-state index in [-0.39, 0.29) is 5.91 Å². The average molecular weight is 387 g/mol. The van der Waals surface area contributed by atoms with Gasteiger partial charge in [0.1, 0.15) is 0 Å². The fraction of sp³-hybridized carbons (Fsp3) is 0.423. The molecule has 5 rings (SSSR count). The highest BCUT2D eigenvalue weighted by atomic mass is 16.2. The van der Waals surface area contributed by atoms with Crippen LogP contribution in [0.25, 0.3) is 0 Å². The van der Waals surface area contributed by atoms with Crippen molar-refractivity contribution in [3.63, 3.8) is 0 Å². The lowest BCUT2D eigenvalue weighted by atomic mass is 9.76. The minimum absolute atomic E-state index is 0.190. The Hall–Kier alpha value is -2.55. The van der Waals surface area contributed by atoms with E-state index in [0.717, 1.165) is 37.9 Å². The zero-order valence-electron chi connectivity index (χ0n) is 17.4. The molecule has 3 aliphatic rings. The van der Waals surface area contributed by atoms with Crippen LogP contribution in [0.4, 0.5) is 5.69 Å². The maximum absolute atomic E-state index is 12.9. The molecule has 3 nitrogen and oxygen atoms in total. The highest BCUT2D eigenvalue weighted by Gasteiger charge is 2.38. The van der Waals surface area contributed by atoms with E-state index < -0.39 is 0 Å². The Labute approximate surface area is 173 Å². The minimum Gasteiger partial charge on any atom is -0.378 e. The first kappa shape index (κ1) is 18.5. The summed E-state index contributed by atoms with van der Waals surface area (Å²) in [4.78, 5) is 14.9. The molecule has 0 radical (unpaired) electrons. The molecular weight excluding hydrogens is 356 g/mol. The Morgan fingerprint density at radius 2 is 1.83 bits per heavy atom. The van der Waals surface area contributed by atoms with Gasteiger partial charge in [0.25, 0.3) is 5.91 Å². The number of carbonyl (C=O) groups is 1. The lowest BCUT2D eigenvalue weighted by molar-refractivity contribution is 0.0792. The maximum atomic E-state index is 12.9. The van der Waals surface area contributed by atoms with Gasteiger partial charge in [0.05, 0.1) is 6.04 Å². The molecule has 1 amide bonds. The first-order valence-electron chi connectivity index (χ1n) is 11.1. The summed E-state index contributed by atoms with van der Waals surface area (Å²) in [5.41, 5.74) is 6.04. The number of carbonyl (C=O) groups excluding carboxylic acids is 1. The number of allylic oxidation sites excluding steroid dienone is 2. The van der Waals surface area contributed by atoms with Crippen molar-refractivity contribution < 1.29 is 4.79 Å². The second-order valence-electron chi connectivity index (χ2n) is 9.10. The number of fused-ring (bicyclic) bond motifs is 3. The molecule has 29 heavy (non-hydrogen) atoms. The summed E-state index contributed by atoms with van der Waals surface area (Å²) in [5.74, 6) is 1.63. The normalized spacial score (nSPS) is 25.1. The summed E-state index contributed by atoms with van der Waals surface area (Å²) in [6.45, 7) is 6.27. The summed E-state index contributed by atoms with van der Waals surface area (Å²) < 4.78 is 0. The Kier molecular flexibility index (Phi) is 4.69. The fourth-order valence-corrected chi connectivity index (χ4v) is 5.25. The predicted octanol–water partition coefficient (Wildman–Crippen LogP) is 5.87. The van der Waals surface area contributed by atoms with Crippen LogP contribution >= 0.6 is 0 Å². The van der Waals surface area contributed by atoms with Gasteiger partial charge >= 0.3 is 0 Å². The quantitative estimate of drug-likeness (QED) is 0.669. The molecule has 0 saturated carbocycles. The standard InChI is InChI=1S/C26H30N2O/c1-17(2)18-8-10-19(11-9-18)25-22-7-5-6-21(22)23-16-20(12-13-24(23)27-25)26(29)28-14-3-4-15-28/h5-6,8-13,16-17,21-22,25,27H,3-4,7,14-15H2,1-2H3. The Morgan fingerprint density at radius 3 is 2.55 bits per heavy atom. The molecule has 1 fully saturated rings. The number of rotatable bonds is 3. The second-order valence-corrected chi connectivity index (χ2v) is 9.10. The predicted molar refractivity (Wildman–Crippen MR) is 118 cm³/mol. The van der Waals surface area contributed by atoms with Gasteiger partial charge in [-0.05, 0) is 66.0 Å². The molecule has 3 unspecified atom stereocenters. The molecule has 1 aliphatic carbocycles. The van der Waals surface area contributed by atoms with Gasteiger partial charge in [-0.1, -0.05) is 50.3 Å². The van der Waals surface area contributed by atoms with Crippen LogP contribution in [0.1, 0.15) is 78.0 Å². The van der Waals surface area contributed by atoms with Crippen molar-refractivity contribution >= 4 is 11.6 Å². The van der Waals surface area contributed by atoms with Crippen molar-refractivity contribution in [2.75, 3.05) is 18.4 Å². The lowest BCUT2D eigenvalue weighted by Gasteiger charge is -2.38. The van der Waals surface area contributed by atoms with Gasteiger partial charge in [-0.15, -0.1) is 0 Å². The average Bonchev–Trinajstić information content (AvgIpc) is 3.44. The molecule has 2 aliphatic heterocycles. The largest absolute Gasteiger partial charge is 0.378 e. The van der Waals surface area contributed by atoms with E-state index in [0.29, 0.717) is 23.8 Å². The van der Waals surface area contributed by atoms with E-state index in [9.17, 15) is 4.79 Å². The third-order valence-electron chi connectivity index (χ3n) is 6.97. The van der Waals surface area contributed by atoms with Crippen LogP contribution in [0.2, 0.25) is 0 Å². The van der Waals surface area contributed by atoms with E-state index in [1.165, 1.54) is 22.4 Å². The van der Waals surface area contributed by atoms with E-state index >= 15 is 0 Å². The van der Waals surface area contributed by atoms with Gasteiger partial charge in [0, 0.05) is 30.3 Å². The first-order valence-corrected chi connectivity index (χ1v) is 11.1. The number of nitrogens with zero attached hydrogens (tertiary/aromatic N) is 1. The van der Waals surface area contributed by atoms with Crippen LogP contribution in [0.3, 0.4) is 0 Å². The molecule has 150 valence electrons. The summed E-state index contributed by atoms with van der Waals surface area (Å²) >= 11 is 0. The number of hydrogen-bond acceptors (Lipinski definition) is 2. The Balaban J connectivity index is 1.46. The molecular formula is C26H30N2O. The van der Waals surface area contributed by atoms with Crippen molar-refractivity contribution in [3.05, 3.63) is 76.9 Å². The van der Waals surface area contributed by atoms with E-state index in [4.69, 9.17) is 0 Å². The van der Waals surface area contributed by atoms with Gasteiger partial charge in [-0.25, -0.2) is 0 Å². The molecule has 0 bridgehead atoms. The SMILES string of the molecule is CC(C)c1ccc(C2Nc3ccc(C(=O)N4CCCC4)cc3C3C=CCC32)cc1. The number of benzene rings is 2. The molecule has 0 spiro atoms. The van der Waals surface area contributed by atoms with Crippen molar-refractivity contribution in [2.45, 2.75) is 51.0 Å². The monoisotopic (exact) mass is 386 g/mol. The molecule has 3 heteroatoms. The summed E-state index contributed by atoms with van der Waals surface area (Å²) in [7, 11) is 0. The van der Waals surface area contributed by atoms with Crippen LogP contribution < -0.4 is 5.32 Å². The Morgan fingerprint density at radius 1 is 1.07 bits per heavy atom. The van der Waals surface area contributed by atoms with Crippen LogP contribution in [-0.4, -0.2) is 23.9 Å². The number of likely N-dealkylation sites (tertiary alicyclic amines) is 1. The third kappa shape index (κ3) is 3.27. The molecule has 3 atom stereocenters. The minimum atomic E-state index is 0.190. The summed E-state index contributed by atoms with van der Waals surface area (Å²) in [5, 5.41) is 3.80. The van der Waals surface area contributed by atoms with E-state index in [1.54, 1.807) is 0 Å². The van der Waals surface area contributed by atoms with E-state index in [2.05, 4.69) is 67.7 Å². The molecule has 2 heterocycles. The van der Waals surface area contributed by atoms with Crippen LogP contribution in [0.5, 0.6) is 0 Å². The van der Waals surface area contributed by atoms with Crippen molar-refractivity contribution in [3.8, 4) is 0 Å².